The molecule has 1 aromatic rings. The maximum Gasteiger partial charge on any atom is 0.214 e. The van der Waals surface area contributed by atoms with Crippen molar-refractivity contribution in [3.05, 3.63) is 29.8 Å². The summed E-state index contributed by atoms with van der Waals surface area (Å²) in [5.74, 6) is 0.473. The second-order valence-corrected chi connectivity index (χ2v) is 6.43. The normalized spacial score (nSPS) is 24.7. The SMILES string of the molecule is CC1CN(Cc2cccc(N)c2)S(=O)(=O)C1. The Bertz CT molecular complexity index is 485. The molecule has 1 unspecified atom stereocenters. The van der Waals surface area contributed by atoms with Gasteiger partial charge in [0, 0.05) is 18.8 Å². The molecule has 5 heteroatoms. The van der Waals surface area contributed by atoms with Crippen molar-refractivity contribution in [2.75, 3.05) is 18.0 Å². The molecule has 1 aliphatic heterocycles. The summed E-state index contributed by atoms with van der Waals surface area (Å²) in [6, 6.07) is 7.36. The zero-order valence-electron chi connectivity index (χ0n) is 9.26. The number of hydrogen-bond donors (Lipinski definition) is 1. The van der Waals surface area contributed by atoms with Crippen LogP contribution in [0.5, 0.6) is 0 Å². The maximum absolute atomic E-state index is 11.8. The molecule has 0 amide bonds. The summed E-state index contributed by atoms with van der Waals surface area (Å²) < 4.78 is 25.0. The van der Waals surface area contributed by atoms with Gasteiger partial charge in [-0.15, -0.1) is 0 Å². The lowest BCUT2D eigenvalue weighted by molar-refractivity contribution is 0.409. The highest BCUT2D eigenvalue weighted by Crippen LogP contribution is 2.21. The van der Waals surface area contributed by atoms with E-state index >= 15 is 0 Å². The first kappa shape index (κ1) is 11.4. The predicted octanol–water partition coefficient (Wildman–Crippen LogP) is 1.05. The number of anilines is 1. The fourth-order valence-corrected chi connectivity index (χ4v) is 3.90. The summed E-state index contributed by atoms with van der Waals surface area (Å²) in [5, 5.41) is 0. The minimum Gasteiger partial charge on any atom is -0.399 e. The van der Waals surface area contributed by atoms with Crippen LogP contribution in [0.3, 0.4) is 0 Å². The Balaban J connectivity index is 2.17. The molecule has 1 heterocycles. The average Bonchev–Trinajstić information content (AvgIpc) is 2.39. The molecule has 1 aliphatic rings. The maximum atomic E-state index is 11.8. The van der Waals surface area contributed by atoms with Gasteiger partial charge in [0.1, 0.15) is 0 Å². The Kier molecular flexibility index (Phi) is 2.90. The van der Waals surface area contributed by atoms with Crippen LogP contribution < -0.4 is 5.73 Å². The third kappa shape index (κ3) is 2.36. The molecule has 0 aliphatic carbocycles. The summed E-state index contributed by atoms with van der Waals surface area (Å²) in [7, 11) is -3.05. The van der Waals surface area contributed by atoms with Crippen LogP contribution >= 0.6 is 0 Å². The second kappa shape index (κ2) is 4.07. The zero-order chi connectivity index (χ0) is 11.8. The lowest BCUT2D eigenvalue weighted by atomic mass is 10.2. The largest absolute Gasteiger partial charge is 0.399 e. The molecule has 2 N–H and O–H groups in total. The van der Waals surface area contributed by atoms with Gasteiger partial charge in [0.05, 0.1) is 5.75 Å². The number of nitrogen functional groups attached to an aromatic ring is 1. The molecule has 88 valence electrons. The molecular formula is C11H16N2O2S. The van der Waals surface area contributed by atoms with Crippen molar-refractivity contribution in [2.45, 2.75) is 13.5 Å². The third-order valence-corrected chi connectivity index (χ3v) is 4.77. The van der Waals surface area contributed by atoms with E-state index in [9.17, 15) is 8.42 Å². The van der Waals surface area contributed by atoms with E-state index in [2.05, 4.69) is 0 Å². The molecule has 1 atom stereocenters. The van der Waals surface area contributed by atoms with E-state index in [1.807, 2.05) is 25.1 Å². The van der Waals surface area contributed by atoms with Crippen LogP contribution in [0.15, 0.2) is 24.3 Å². The van der Waals surface area contributed by atoms with Crippen molar-refractivity contribution in [1.82, 2.24) is 4.31 Å². The first-order valence-electron chi connectivity index (χ1n) is 5.29. The Morgan fingerprint density at radius 1 is 1.50 bits per heavy atom. The Labute approximate surface area is 96.1 Å². The Morgan fingerprint density at radius 2 is 2.25 bits per heavy atom. The molecule has 0 bridgehead atoms. The van der Waals surface area contributed by atoms with E-state index < -0.39 is 10.0 Å². The van der Waals surface area contributed by atoms with E-state index in [1.54, 1.807) is 6.07 Å². The fraction of sp³-hybridized carbons (Fsp3) is 0.455. The molecule has 1 fully saturated rings. The van der Waals surface area contributed by atoms with Crippen molar-refractivity contribution in [1.29, 1.82) is 0 Å². The van der Waals surface area contributed by atoms with Crippen LogP contribution in [-0.2, 0) is 16.6 Å². The Morgan fingerprint density at radius 3 is 2.81 bits per heavy atom. The van der Waals surface area contributed by atoms with E-state index in [-0.39, 0.29) is 11.7 Å². The van der Waals surface area contributed by atoms with Gasteiger partial charge in [0.25, 0.3) is 0 Å². The molecule has 0 aromatic heterocycles. The zero-order valence-corrected chi connectivity index (χ0v) is 10.1. The van der Waals surface area contributed by atoms with Gasteiger partial charge in [-0.25, -0.2) is 8.42 Å². The van der Waals surface area contributed by atoms with E-state index in [0.717, 1.165) is 5.56 Å². The van der Waals surface area contributed by atoms with Crippen LogP contribution in [-0.4, -0.2) is 25.0 Å². The molecule has 1 aromatic carbocycles. The highest BCUT2D eigenvalue weighted by molar-refractivity contribution is 7.89. The van der Waals surface area contributed by atoms with Gasteiger partial charge in [0.2, 0.25) is 10.0 Å². The van der Waals surface area contributed by atoms with Gasteiger partial charge in [0.15, 0.2) is 0 Å². The van der Waals surface area contributed by atoms with E-state index in [4.69, 9.17) is 5.73 Å². The topological polar surface area (TPSA) is 63.4 Å². The Hall–Kier alpha value is -1.07. The van der Waals surface area contributed by atoms with Gasteiger partial charge in [-0.05, 0) is 23.6 Å². The lowest BCUT2D eigenvalue weighted by Gasteiger charge is -2.14. The molecular weight excluding hydrogens is 224 g/mol. The highest BCUT2D eigenvalue weighted by Gasteiger charge is 2.33. The van der Waals surface area contributed by atoms with Crippen LogP contribution in [0.2, 0.25) is 0 Å². The monoisotopic (exact) mass is 240 g/mol. The molecule has 16 heavy (non-hydrogen) atoms. The molecule has 4 nitrogen and oxygen atoms in total. The number of nitrogens with two attached hydrogens (primary N) is 1. The second-order valence-electron chi connectivity index (χ2n) is 4.42. The van der Waals surface area contributed by atoms with Gasteiger partial charge >= 0.3 is 0 Å². The number of sulfonamides is 1. The van der Waals surface area contributed by atoms with Crippen molar-refractivity contribution >= 4 is 15.7 Å². The van der Waals surface area contributed by atoms with Gasteiger partial charge in [-0.3, -0.25) is 0 Å². The average molecular weight is 240 g/mol. The molecule has 2 rings (SSSR count). The highest BCUT2D eigenvalue weighted by atomic mass is 32.2. The van der Waals surface area contributed by atoms with Crippen molar-refractivity contribution in [3.63, 3.8) is 0 Å². The summed E-state index contributed by atoms with van der Waals surface area (Å²) in [5.41, 5.74) is 7.27. The number of hydrogen-bond acceptors (Lipinski definition) is 3. The molecule has 1 saturated heterocycles. The van der Waals surface area contributed by atoms with E-state index in [1.165, 1.54) is 4.31 Å². The van der Waals surface area contributed by atoms with E-state index in [0.29, 0.717) is 18.8 Å². The van der Waals surface area contributed by atoms with Crippen LogP contribution in [0.25, 0.3) is 0 Å². The van der Waals surface area contributed by atoms with Crippen LogP contribution in [0, 0.1) is 5.92 Å². The van der Waals surface area contributed by atoms with Gasteiger partial charge in [-0.2, -0.15) is 4.31 Å². The molecule has 0 spiro atoms. The van der Waals surface area contributed by atoms with Crippen LogP contribution in [0.4, 0.5) is 5.69 Å². The minimum atomic E-state index is -3.05. The third-order valence-electron chi connectivity index (χ3n) is 2.71. The lowest BCUT2D eigenvalue weighted by Crippen LogP contribution is -2.25. The summed E-state index contributed by atoms with van der Waals surface area (Å²) in [6.07, 6.45) is 0. The fourth-order valence-electron chi connectivity index (χ4n) is 2.04. The standard InChI is InChI=1S/C11H16N2O2S/c1-9-6-13(16(14,15)8-9)7-10-3-2-4-11(12)5-10/h2-5,9H,6-8,12H2,1H3. The van der Waals surface area contributed by atoms with Gasteiger partial charge < -0.3 is 5.73 Å². The summed E-state index contributed by atoms with van der Waals surface area (Å²) >= 11 is 0. The van der Waals surface area contributed by atoms with Crippen molar-refractivity contribution in [2.24, 2.45) is 5.92 Å². The number of benzene rings is 1. The van der Waals surface area contributed by atoms with Crippen molar-refractivity contribution < 1.29 is 8.42 Å². The minimum absolute atomic E-state index is 0.214. The molecule has 0 radical (unpaired) electrons. The first-order valence-corrected chi connectivity index (χ1v) is 6.90. The van der Waals surface area contributed by atoms with Gasteiger partial charge in [-0.1, -0.05) is 19.1 Å². The quantitative estimate of drug-likeness (QED) is 0.786. The number of rotatable bonds is 2. The first-order chi connectivity index (χ1) is 7.47. The smallest absolute Gasteiger partial charge is 0.214 e. The van der Waals surface area contributed by atoms with Crippen molar-refractivity contribution in [3.8, 4) is 0 Å². The summed E-state index contributed by atoms with van der Waals surface area (Å²) in [4.78, 5) is 0. The number of nitrogens with zero attached hydrogens (tertiary/aromatic N) is 1. The summed E-state index contributed by atoms with van der Waals surface area (Å²) in [6.45, 7) is 2.99. The molecule has 0 saturated carbocycles. The predicted molar refractivity (Wildman–Crippen MR) is 64.2 cm³/mol. The van der Waals surface area contributed by atoms with Crippen LogP contribution in [0.1, 0.15) is 12.5 Å².